The van der Waals surface area contributed by atoms with Crippen LogP contribution in [0.2, 0.25) is 0 Å². The Bertz CT molecular complexity index is 855. The summed E-state index contributed by atoms with van der Waals surface area (Å²) in [5.41, 5.74) is 0.850. The Kier molecular flexibility index (Phi) is 5.99. The van der Waals surface area contributed by atoms with Crippen LogP contribution >= 0.6 is 11.3 Å². The molecule has 6 nitrogen and oxygen atoms in total. The van der Waals surface area contributed by atoms with Gasteiger partial charge < -0.3 is 14.7 Å². The Balaban J connectivity index is 1.44. The van der Waals surface area contributed by atoms with E-state index in [0.717, 1.165) is 23.3 Å². The van der Waals surface area contributed by atoms with Crippen LogP contribution in [-0.4, -0.2) is 47.2 Å². The number of piperidine rings is 1. The third-order valence-electron chi connectivity index (χ3n) is 6.06. The van der Waals surface area contributed by atoms with Crippen molar-refractivity contribution in [2.24, 2.45) is 0 Å². The van der Waals surface area contributed by atoms with Gasteiger partial charge >= 0.3 is 11.9 Å². The lowest BCUT2D eigenvalue weighted by atomic mass is 10.00. The molecule has 1 aromatic heterocycles. The van der Waals surface area contributed by atoms with Gasteiger partial charge in [-0.05, 0) is 50.4 Å². The van der Waals surface area contributed by atoms with E-state index in [0.29, 0.717) is 23.5 Å². The Morgan fingerprint density at radius 3 is 2.48 bits per heavy atom. The summed E-state index contributed by atoms with van der Waals surface area (Å²) in [6.07, 6.45) is 4.12. The van der Waals surface area contributed by atoms with E-state index in [1.807, 2.05) is 30.3 Å². The number of carboxylic acid groups (broad SMARTS) is 1. The fraction of sp³-hybridized carbons (Fsp3) is 0.455. The molecule has 0 saturated carbocycles. The van der Waals surface area contributed by atoms with Gasteiger partial charge in [0.1, 0.15) is 17.0 Å². The molecule has 2 aliphatic heterocycles. The number of hydrogen-bond acceptors (Lipinski definition) is 6. The number of ether oxygens (including phenoxy) is 1. The summed E-state index contributed by atoms with van der Waals surface area (Å²) in [5.74, 6) is -1.20. The molecule has 4 rings (SSSR count). The minimum atomic E-state index is -0.933. The molecule has 2 N–H and O–H groups in total. The molecular weight excluding hydrogens is 388 g/mol. The van der Waals surface area contributed by atoms with Crippen LogP contribution in [-0.2, 0) is 16.1 Å². The average Bonchev–Trinajstić information content (AvgIpc) is 3.25. The number of carbonyl (C=O) groups excluding carboxylic acids is 1. The quantitative estimate of drug-likeness (QED) is 0.676. The zero-order valence-corrected chi connectivity index (χ0v) is 17.2. The van der Waals surface area contributed by atoms with Gasteiger partial charge in [0.2, 0.25) is 0 Å². The van der Waals surface area contributed by atoms with E-state index < -0.39 is 12.0 Å². The monoisotopic (exact) mass is 414 g/mol. The highest BCUT2D eigenvalue weighted by Gasteiger charge is 2.40. The van der Waals surface area contributed by atoms with Crippen molar-refractivity contribution >= 4 is 23.3 Å². The number of nitrogens with zero attached hydrogens (tertiary/aromatic N) is 1. The van der Waals surface area contributed by atoms with Crippen molar-refractivity contribution < 1.29 is 19.4 Å². The second-order valence-corrected chi connectivity index (χ2v) is 9.04. The Morgan fingerprint density at radius 2 is 1.86 bits per heavy atom. The maximum atomic E-state index is 13.1. The first-order chi connectivity index (χ1) is 14.0. The summed E-state index contributed by atoms with van der Waals surface area (Å²) in [7, 11) is 2.17. The van der Waals surface area contributed by atoms with E-state index in [1.165, 1.54) is 24.2 Å². The van der Waals surface area contributed by atoms with Crippen LogP contribution in [0, 0.1) is 0 Å². The molecule has 2 saturated heterocycles. The van der Waals surface area contributed by atoms with Crippen LogP contribution in [0.25, 0.3) is 0 Å². The number of thiophene rings is 1. The van der Waals surface area contributed by atoms with Crippen LogP contribution in [0.4, 0.5) is 0 Å². The highest BCUT2D eigenvalue weighted by molar-refractivity contribution is 7.13. The van der Waals surface area contributed by atoms with Gasteiger partial charge in [-0.1, -0.05) is 30.3 Å². The lowest BCUT2D eigenvalue weighted by molar-refractivity contribution is -0.155. The minimum absolute atomic E-state index is 0.0374. The minimum Gasteiger partial charge on any atom is -0.477 e. The number of esters is 1. The van der Waals surface area contributed by atoms with Crippen LogP contribution in [0.1, 0.15) is 51.8 Å². The summed E-state index contributed by atoms with van der Waals surface area (Å²) < 4.78 is 5.95. The van der Waals surface area contributed by atoms with E-state index >= 15 is 0 Å². The summed E-state index contributed by atoms with van der Waals surface area (Å²) in [6.45, 7) is 0.408. The maximum Gasteiger partial charge on any atom is 0.345 e. The second-order valence-electron chi connectivity index (χ2n) is 7.88. The lowest BCUT2D eigenvalue weighted by Crippen LogP contribution is -2.44. The number of carbonyl (C=O) groups is 2. The molecule has 0 spiro atoms. The Labute approximate surface area is 174 Å². The van der Waals surface area contributed by atoms with Gasteiger partial charge in [-0.2, -0.15) is 0 Å². The number of hydrogen-bond donors (Lipinski definition) is 2. The highest BCUT2D eigenvalue weighted by Crippen LogP contribution is 2.36. The van der Waals surface area contributed by atoms with E-state index in [9.17, 15) is 9.59 Å². The highest BCUT2D eigenvalue weighted by atomic mass is 32.1. The first-order valence-electron chi connectivity index (χ1n) is 10.0. The molecule has 3 heterocycles. The van der Waals surface area contributed by atoms with Gasteiger partial charge in [0, 0.05) is 23.5 Å². The number of rotatable bonds is 7. The SMILES string of the molecule is CN1[C@@H]2CC[C@@H]1CC(OC(=O)C(NCc1ccc(C(=O)O)s1)c1ccccc1)C2. The topological polar surface area (TPSA) is 78.9 Å². The van der Waals surface area contributed by atoms with E-state index in [4.69, 9.17) is 9.84 Å². The van der Waals surface area contributed by atoms with Crippen molar-refractivity contribution in [2.45, 2.75) is 56.5 Å². The van der Waals surface area contributed by atoms with Gasteiger partial charge in [0.25, 0.3) is 0 Å². The standard InChI is InChI=1S/C22H26N2O4S/c1-24-15-7-8-16(24)12-17(11-15)28-22(27)20(14-5-3-2-4-6-14)23-13-18-9-10-19(29-18)21(25)26/h2-6,9-10,15-17,20,23H,7-8,11-13H2,1H3,(H,25,26)/t15-,16-,20?/m1/s1. The van der Waals surface area contributed by atoms with Crippen molar-refractivity contribution in [3.8, 4) is 0 Å². The molecule has 0 amide bonds. The normalized spacial score (nSPS) is 24.9. The predicted molar refractivity (Wildman–Crippen MR) is 111 cm³/mol. The van der Waals surface area contributed by atoms with Crippen LogP contribution in [0.3, 0.4) is 0 Å². The van der Waals surface area contributed by atoms with Crippen molar-refractivity contribution in [2.75, 3.05) is 7.05 Å². The zero-order chi connectivity index (χ0) is 20.4. The van der Waals surface area contributed by atoms with E-state index in [2.05, 4.69) is 17.3 Å². The molecule has 3 atom stereocenters. The molecule has 7 heteroatoms. The van der Waals surface area contributed by atoms with Gasteiger partial charge in [0.05, 0.1) is 0 Å². The molecule has 2 bridgehead atoms. The molecule has 2 fully saturated rings. The number of nitrogens with one attached hydrogen (secondary N) is 1. The molecule has 2 aliphatic rings. The third kappa shape index (κ3) is 4.52. The fourth-order valence-electron chi connectivity index (χ4n) is 4.46. The largest absolute Gasteiger partial charge is 0.477 e. The molecule has 154 valence electrons. The molecule has 0 radical (unpaired) electrons. The summed E-state index contributed by atoms with van der Waals surface area (Å²) >= 11 is 1.21. The smallest absolute Gasteiger partial charge is 0.345 e. The Morgan fingerprint density at radius 1 is 1.17 bits per heavy atom. The number of benzene rings is 1. The molecule has 2 aromatic rings. The first kappa shape index (κ1) is 20.1. The first-order valence-corrected chi connectivity index (χ1v) is 10.9. The van der Waals surface area contributed by atoms with Crippen molar-refractivity contribution in [1.82, 2.24) is 10.2 Å². The Hall–Kier alpha value is -2.22. The van der Waals surface area contributed by atoms with Crippen LogP contribution in [0.15, 0.2) is 42.5 Å². The van der Waals surface area contributed by atoms with E-state index in [1.54, 1.807) is 12.1 Å². The summed E-state index contributed by atoms with van der Waals surface area (Å²) in [4.78, 5) is 27.8. The van der Waals surface area contributed by atoms with Crippen molar-refractivity contribution in [1.29, 1.82) is 0 Å². The van der Waals surface area contributed by atoms with Crippen molar-refractivity contribution in [3.63, 3.8) is 0 Å². The lowest BCUT2D eigenvalue weighted by Gasteiger charge is -2.36. The van der Waals surface area contributed by atoms with Gasteiger partial charge in [-0.25, -0.2) is 9.59 Å². The molecule has 1 unspecified atom stereocenters. The van der Waals surface area contributed by atoms with Crippen LogP contribution in [0.5, 0.6) is 0 Å². The number of carboxylic acids is 1. The van der Waals surface area contributed by atoms with Gasteiger partial charge in [0.15, 0.2) is 0 Å². The maximum absolute atomic E-state index is 13.1. The fourth-order valence-corrected chi connectivity index (χ4v) is 5.26. The van der Waals surface area contributed by atoms with Gasteiger partial charge in [-0.3, -0.25) is 5.32 Å². The molecular formula is C22H26N2O4S. The predicted octanol–water partition coefficient (Wildman–Crippen LogP) is 3.45. The van der Waals surface area contributed by atoms with E-state index in [-0.39, 0.29) is 12.1 Å². The second kappa shape index (κ2) is 8.65. The zero-order valence-electron chi connectivity index (χ0n) is 16.4. The third-order valence-corrected chi connectivity index (χ3v) is 7.13. The van der Waals surface area contributed by atoms with Crippen molar-refractivity contribution in [3.05, 3.63) is 57.8 Å². The summed E-state index contributed by atoms with van der Waals surface area (Å²) in [6, 6.07) is 13.4. The summed E-state index contributed by atoms with van der Waals surface area (Å²) in [5, 5.41) is 12.4. The molecule has 29 heavy (non-hydrogen) atoms. The molecule has 1 aromatic carbocycles. The van der Waals surface area contributed by atoms with Gasteiger partial charge in [-0.15, -0.1) is 11.3 Å². The molecule has 0 aliphatic carbocycles. The number of aromatic carboxylic acids is 1. The average molecular weight is 415 g/mol. The van der Waals surface area contributed by atoms with Crippen LogP contribution < -0.4 is 5.32 Å². The number of fused-ring (bicyclic) bond motifs is 2.